The van der Waals surface area contributed by atoms with Crippen LogP contribution in [0.15, 0.2) is 18.2 Å². The fraction of sp³-hybridized carbons (Fsp3) is 0.462. The number of carbonyl (C=O) groups excluding carboxylic acids is 1. The van der Waals surface area contributed by atoms with Gasteiger partial charge in [-0.25, -0.2) is 0 Å². The standard InChI is InChI=1S/C13H14F3NO2/c1-2-19-12(18)9-5-8-6-10(13(14,15)16)3-4-11(8)17-7-9/h3-4,6,9,17H,2,5,7H2,1H3. The summed E-state index contributed by atoms with van der Waals surface area (Å²) >= 11 is 0. The van der Waals surface area contributed by atoms with Gasteiger partial charge in [-0.1, -0.05) is 0 Å². The summed E-state index contributed by atoms with van der Waals surface area (Å²) in [5.41, 5.74) is 0.449. The highest BCUT2D eigenvalue weighted by atomic mass is 19.4. The number of ether oxygens (including phenoxy) is 1. The molecule has 19 heavy (non-hydrogen) atoms. The van der Waals surface area contributed by atoms with Crippen molar-refractivity contribution in [3.8, 4) is 0 Å². The number of benzene rings is 1. The molecule has 1 unspecified atom stereocenters. The Hall–Kier alpha value is -1.72. The molecule has 6 heteroatoms. The second-order valence-electron chi connectivity index (χ2n) is 4.40. The molecule has 0 aliphatic carbocycles. The summed E-state index contributed by atoms with van der Waals surface area (Å²) in [6.45, 7) is 2.35. The average molecular weight is 273 g/mol. The third kappa shape index (κ3) is 3.00. The molecule has 0 radical (unpaired) electrons. The monoisotopic (exact) mass is 273 g/mol. The smallest absolute Gasteiger partial charge is 0.416 e. The first kappa shape index (κ1) is 13.7. The van der Waals surface area contributed by atoms with Gasteiger partial charge in [-0.05, 0) is 37.1 Å². The minimum atomic E-state index is -4.37. The summed E-state index contributed by atoms with van der Waals surface area (Å²) in [4.78, 5) is 11.6. The van der Waals surface area contributed by atoms with Crippen molar-refractivity contribution in [2.45, 2.75) is 19.5 Å². The first-order chi connectivity index (χ1) is 8.91. The van der Waals surface area contributed by atoms with Crippen molar-refractivity contribution in [1.82, 2.24) is 0 Å². The molecule has 0 spiro atoms. The quantitative estimate of drug-likeness (QED) is 0.842. The minimum Gasteiger partial charge on any atom is -0.466 e. The number of anilines is 1. The Morgan fingerprint density at radius 2 is 2.21 bits per heavy atom. The average Bonchev–Trinajstić information content (AvgIpc) is 2.36. The molecule has 1 N–H and O–H groups in total. The summed E-state index contributed by atoms with van der Waals surface area (Å²) < 4.78 is 42.8. The Bertz CT molecular complexity index is 485. The number of halogens is 3. The molecule has 1 aromatic rings. The molecule has 2 rings (SSSR count). The van der Waals surface area contributed by atoms with Crippen molar-refractivity contribution in [2.75, 3.05) is 18.5 Å². The Kier molecular flexibility index (Phi) is 3.68. The van der Waals surface area contributed by atoms with Crippen LogP contribution in [0.1, 0.15) is 18.1 Å². The first-order valence-corrected chi connectivity index (χ1v) is 6.02. The van der Waals surface area contributed by atoms with E-state index in [2.05, 4.69) is 5.32 Å². The molecule has 0 aromatic heterocycles. The van der Waals surface area contributed by atoms with Crippen LogP contribution in [0.3, 0.4) is 0 Å². The number of nitrogens with one attached hydrogen (secondary N) is 1. The third-order valence-corrected chi connectivity index (χ3v) is 3.06. The van der Waals surface area contributed by atoms with Gasteiger partial charge >= 0.3 is 12.1 Å². The molecular weight excluding hydrogens is 259 g/mol. The third-order valence-electron chi connectivity index (χ3n) is 3.06. The van der Waals surface area contributed by atoms with Crippen LogP contribution in [-0.2, 0) is 22.1 Å². The molecule has 0 fully saturated rings. The van der Waals surface area contributed by atoms with Crippen molar-refractivity contribution < 1.29 is 22.7 Å². The molecule has 1 aliphatic rings. The molecule has 3 nitrogen and oxygen atoms in total. The lowest BCUT2D eigenvalue weighted by atomic mass is 9.92. The van der Waals surface area contributed by atoms with E-state index in [-0.39, 0.29) is 19.0 Å². The predicted octanol–water partition coefficient (Wildman–Crippen LogP) is 2.85. The van der Waals surface area contributed by atoms with Crippen LogP contribution in [0.2, 0.25) is 0 Å². The van der Waals surface area contributed by atoms with Crippen molar-refractivity contribution in [3.63, 3.8) is 0 Å². The maximum Gasteiger partial charge on any atom is 0.416 e. The van der Waals surface area contributed by atoms with Gasteiger partial charge in [0.1, 0.15) is 0 Å². The van der Waals surface area contributed by atoms with E-state index in [0.717, 1.165) is 12.1 Å². The Morgan fingerprint density at radius 3 is 2.84 bits per heavy atom. The maximum absolute atomic E-state index is 12.6. The molecule has 104 valence electrons. The van der Waals surface area contributed by atoms with Gasteiger partial charge in [0.05, 0.1) is 18.1 Å². The summed E-state index contributed by atoms with van der Waals surface area (Å²) in [5.74, 6) is -0.811. The van der Waals surface area contributed by atoms with Crippen LogP contribution in [0.5, 0.6) is 0 Å². The van der Waals surface area contributed by atoms with E-state index in [1.54, 1.807) is 6.92 Å². The highest BCUT2D eigenvalue weighted by Crippen LogP contribution is 2.34. The second-order valence-corrected chi connectivity index (χ2v) is 4.40. The fourth-order valence-electron chi connectivity index (χ4n) is 2.11. The van der Waals surface area contributed by atoms with Crippen LogP contribution in [0.4, 0.5) is 18.9 Å². The number of fused-ring (bicyclic) bond motifs is 1. The fourth-order valence-corrected chi connectivity index (χ4v) is 2.11. The molecule has 0 amide bonds. The van der Waals surface area contributed by atoms with Gasteiger partial charge in [0.25, 0.3) is 0 Å². The van der Waals surface area contributed by atoms with Gasteiger partial charge in [-0.3, -0.25) is 4.79 Å². The number of alkyl halides is 3. The molecule has 0 bridgehead atoms. The predicted molar refractivity (Wildman–Crippen MR) is 63.8 cm³/mol. The van der Waals surface area contributed by atoms with Crippen LogP contribution >= 0.6 is 0 Å². The number of hydrogen-bond acceptors (Lipinski definition) is 3. The van der Waals surface area contributed by atoms with Crippen molar-refractivity contribution in [3.05, 3.63) is 29.3 Å². The zero-order valence-electron chi connectivity index (χ0n) is 10.4. The maximum atomic E-state index is 12.6. The van der Waals surface area contributed by atoms with Crippen molar-refractivity contribution in [1.29, 1.82) is 0 Å². The zero-order chi connectivity index (χ0) is 14.0. The molecular formula is C13H14F3NO2. The summed E-state index contributed by atoms with van der Waals surface area (Å²) in [6.07, 6.45) is -4.10. The number of rotatable bonds is 2. The number of hydrogen-bond donors (Lipinski definition) is 1. The van der Waals surface area contributed by atoms with E-state index in [1.807, 2.05) is 0 Å². The van der Waals surface area contributed by atoms with Crippen molar-refractivity contribution in [2.24, 2.45) is 5.92 Å². The first-order valence-electron chi connectivity index (χ1n) is 6.02. The van der Waals surface area contributed by atoms with E-state index in [4.69, 9.17) is 4.74 Å². The van der Waals surface area contributed by atoms with Gasteiger partial charge in [0.2, 0.25) is 0 Å². The van der Waals surface area contributed by atoms with Crippen molar-refractivity contribution >= 4 is 11.7 Å². The molecule has 1 aromatic carbocycles. The Labute approximate surface area is 108 Å². The highest BCUT2D eigenvalue weighted by molar-refractivity contribution is 5.75. The normalized spacial score (nSPS) is 18.4. The van der Waals surface area contributed by atoms with Gasteiger partial charge in [-0.2, -0.15) is 13.2 Å². The lowest BCUT2D eigenvalue weighted by Crippen LogP contribution is -2.31. The Morgan fingerprint density at radius 1 is 1.47 bits per heavy atom. The van der Waals surface area contributed by atoms with E-state index in [0.29, 0.717) is 17.8 Å². The van der Waals surface area contributed by atoms with Crippen LogP contribution in [-0.4, -0.2) is 19.1 Å². The SMILES string of the molecule is CCOC(=O)C1CNc2ccc(C(F)(F)F)cc2C1. The van der Waals surface area contributed by atoms with Crippen LogP contribution in [0, 0.1) is 5.92 Å². The lowest BCUT2D eigenvalue weighted by Gasteiger charge is -2.25. The number of carbonyl (C=O) groups is 1. The van der Waals surface area contributed by atoms with E-state index in [9.17, 15) is 18.0 Å². The minimum absolute atomic E-state index is 0.269. The van der Waals surface area contributed by atoms with E-state index < -0.39 is 17.7 Å². The second kappa shape index (κ2) is 5.11. The molecule has 0 saturated carbocycles. The molecule has 1 atom stereocenters. The van der Waals surface area contributed by atoms with Crippen LogP contribution in [0.25, 0.3) is 0 Å². The number of esters is 1. The summed E-state index contributed by atoms with van der Waals surface area (Å²) in [7, 11) is 0. The van der Waals surface area contributed by atoms with Gasteiger partial charge < -0.3 is 10.1 Å². The van der Waals surface area contributed by atoms with Gasteiger partial charge in [0.15, 0.2) is 0 Å². The zero-order valence-corrected chi connectivity index (χ0v) is 10.4. The largest absolute Gasteiger partial charge is 0.466 e. The van der Waals surface area contributed by atoms with E-state index in [1.165, 1.54) is 6.07 Å². The highest BCUT2D eigenvalue weighted by Gasteiger charge is 2.33. The van der Waals surface area contributed by atoms with E-state index >= 15 is 0 Å². The van der Waals surface area contributed by atoms with Crippen LogP contribution < -0.4 is 5.32 Å². The van der Waals surface area contributed by atoms with Gasteiger partial charge in [-0.15, -0.1) is 0 Å². The lowest BCUT2D eigenvalue weighted by molar-refractivity contribution is -0.147. The van der Waals surface area contributed by atoms with Gasteiger partial charge in [0, 0.05) is 12.2 Å². The Balaban J connectivity index is 2.21. The summed E-state index contributed by atoms with van der Waals surface area (Å²) in [6, 6.07) is 3.53. The molecule has 0 saturated heterocycles. The topological polar surface area (TPSA) is 38.3 Å². The summed E-state index contributed by atoms with van der Waals surface area (Å²) in [5, 5.41) is 2.96. The molecule has 1 heterocycles. The molecule has 1 aliphatic heterocycles.